The van der Waals surface area contributed by atoms with Crippen LogP contribution in [0.3, 0.4) is 0 Å². The van der Waals surface area contributed by atoms with E-state index in [1.165, 1.54) is 7.11 Å². The third-order valence-electron chi connectivity index (χ3n) is 5.55. The number of nitrogens with two attached hydrogens (primary N) is 1. The number of ether oxygens (including phenoxy) is 1. The van der Waals surface area contributed by atoms with Crippen molar-refractivity contribution >= 4 is 29.1 Å². The van der Waals surface area contributed by atoms with Gasteiger partial charge in [0.15, 0.2) is 5.69 Å². The van der Waals surface area contributed by atoms with E-state index in [9.17, 15) is 26.3 Å². The van der Waals surface area contributed by atoms with Crippen LogP contribution in [0.4, 0.5) is 49.5 Å². The minimum absolute atomic E-state index is 0.133. The van der Waals surface area contributed by atoms with Crippen LogP contribution < -0.4 is 21.1 Å². The summed E-state index contributed by atoms with van der Waals surface area (Å²) in [7, 11) is 1.53. The SMILES string of the molecule is CCN(CC)Cc1cc(Nc2cc(C(F)(F)F)nc(/N=C(\N)Nc3ccc(C(F)(F)F)cc3)n2)ccc1OC. The average Bonchev–Trinajstić information content (AvgIpc) is 2.86. The molecule has 1 heterocycles. The highest BCUT2D eigenvalue weighted by atomic mass is 19.4. The Morgan fingerprint density at radius 1 is 0.923 bits per heavy atom. The van der Waals surface area contributed by atoms with Crippen LogP contribution in [0.25, 0.3) is 0 Å². The lowest BCUT2D eigenvalue weighted by molar-refractivity contribution is -0.141. The lowest BCUT2D eigenvalue weighted by Gasteiger charge is -2.20. The minimum atomic E-state index is -4.81. The maximum atomic E-state index is 13.6. The second-order valence-corrected chi connectivity index (χ2v) is 8.25. The molecule has 0 amide bonds. The molecule has 3 aromatic rings. The smallest absolute Gasteiger partial charge is 0.433 e. The van der Waals surface area contributed by atoms with Crippen molar-refractivity contribution in [2.45, 2.75) is 32.7 Å². The number of nitrogens with zero attached hydrogens (tertiary/aromatic N) is 4. The predicted octanol–water partition coefficient (Wildman–Crippen LogP) is 6.17. The zero-order valence-corrected chi connectivity index (χ0v) is 21.3. The third-order valence-corrected chi connectivity index (χ3v) is 5.55. The summed E-state index contributed by atoms with van der Waals surface area (Å²) in [6.07, 6.45) is -9.34. The van der Waals surface area contributed by atoms with E-state index >= 15 is 0 Å². The van der Waals surface area contributed by atoms with Gasteiger partial charge in [-0.25, -0.2) is 4.98 Å². The Morgan fingerprint density at radius 3 is 2.13 bits per heavy atom. The molecule has 0 spiro atoms. The first-order chi connectivity index (χ1) is 18.3. The van der Waals surface area contributed by atoms with Crippen molar-refractivity contribution in [3.05, 3.63) is 65.4 Å². The number of guanidine groups is 1. The number of hydrogen-bond donors (Lipinski definition) is 3. The summed E-state index contributed by atoms with van der Waals surface area (Å²) in [5, 5.41) is 5.34. The largest absolute Gasteiger partial charge is 0.496 e. The number of rotatable bonds is 9. The Bertz CT molecular complexity index is 1290. The summed E-state index contributed by atoms with van der Waals surface area (Å²) in [5.74, 6) is -0.608. The fourth-order valence-electron chi connectivity index (χ4n) is 3.54. The molecule has 0 fully saturated rings. The van der Waals surface area contributed by atoms with Crippen molar-refractivity contribution in [3.8, 4) is 5.75 Å². The van der Waals surface area contributed by atoms with E-state index in [1.54, 1.807) is 18.2 Å². The number of alkyl halides is 6. The number of benzene rings is 2. The molecule has 2 aromatic carbocycles. The van der Waals surface area contributed by atoms with Gasteiger partial charge in [0.25, 0.3) is 5.95 Å². The quantitative estimate of drug-likeness (QED) is 0.165. The number of halogens is 6. The lowest BCUT2D eigenvalue weighted by Crippen LogP contribution is -2.22. The Hall–Kier alpha value is -4.07. The minimum Gasteiger partial charge on any atom is -0.496 e. The van der Waals surface area contributed by atoms with Gasteiger partial charge >= 0.3 is 12.4 Å². The molecule has 0 unspecified atom stereocenters. The number of aliphatic imine (C=N–C) groups is 1. The van der Waals surface area contributed by atoms with Crippen LogP contribution in [-0.4, -0.2) is 41.0 Å². The van der Waals surface area contributed by atoms with Crippen LogP contribution in [0.5, 0.6) is 5.75 Å². The van der Waals surface area contributed by atoms with Crippen molar-refractivity contribution in [3.63, 3.8) is 0 Å². The van der Waals surface area contributed by atoms with E-state index in [1.807, 2.05) is 13.8 Å². The van der Waals surface area contributed by atoms with E-state index in [2.05, 4.69) is 30.5 Å². The summed E-state index contributed by atoms with van der Waals surface area (Å²) in [5.41, 5.74) is 5.03. The van der Waals surface area contributed by atoms with Crippen molar-refractivity contribution in [1.82, 2.24) is 14.9 Å². The fourth-order valence-corrected chi connectivity index (χ4v) is 3.54. The Balaban J connectivity index is 1.89. The van der Waals surface area contributed by atoms with Gasteiger partial charge in [0.1, 0.15) is 11.6 Å². The third kappa shape index (κ3) is 8.21. The molecule has 0 aliphatic heterocycles. The van der Waals surface area contributed by atoms with Gasteiger partial charge in [0.05, 0.1) is 12.7 Å². The highest BCUT2D eigenvalue weighted by Gasteiger charge is 2.34. The Morgan fingerprint density at radius 2 is 1.56 bits per heavy atom. The Kier molecular flexibility index (Phi) is 9.22. The standard InChI is InChI=1S/C25H27F6N7O/c1-4-38(5-2)14-15-12-18(10-11-19(15)39-3)33-21-13-20(25(29,30)31)35-23(36-21)37-22(32)34-17-8-6-16(7-9-17)24(26,27)28/h6-13H,4-5,14H2,1-3H3,(H4,32,33,34,35,36,37). The van der Waals surface area contributed by atoms with Crippen LogP contribution in [-0.2, 0) is 18.9 Å². The first-order valence-electron chi connectivity index (χ1n) is 11.7. The molecule has 0 atom stereocenters. The molecule has 39 heavy (non-hydrogen) atoms. The summed E-state index contributed by atoms with van der Waals surface area (Å²) in [4.78, 5) is 13.4. The van der Waals surface area contributed by atoms with Crippen LogP contribution in [0.2, 0.25) is 0 Å². The molecule has 3 rings (SSSR count). The topological polar surface area (TPSA) is 101 Å². The van der Waals surface area contributed by atoms with Gasteiger partial charge in [-0.15, -0.1) is 0 Å². The molecule has 1 aromatic heterocycles. The molecule has 0 saturated carbocycles. The van der Waals surface area contributed by atoms with E-state index in [0.29, 0.717) is 18.0 Å². The van der Waals surface area contributed by atoms with Gasteiger partial charge < -0.3 is 21.1 Å². The zero-order chi connectivity index (χ0) is 28.8. The number of methoxy groups -OCH3 is 1. The molecule has 0 aliphatic carbocycles. The van der Waals surface area contributed by atoms with E-state index in [0.717, 1.165) is 49.0 Å². The normalized spacial score (nSPS) is 12.5. The molecular weight excluding hydrogens is 528 g/mol. The summed E-state index contributed by atoms with van der Waals surface area (Å²) < 4.78 is 84.4. The summed E-state index contributed by atoms with van der Waals surface area (Å²) in [6, 6.07) is 9.64. The van der Waals surface area contributed by atoms with Crippen molar-refractivity contribution in [2.24, 2.45) is 10.7 Å². The van der Waals surface area contributed by atoms with Crippen molar-refractivity contribution < 1.29 is 31.1 Å². The highest BCUT2D eigenvalue weighted by Crippen LogP contribution is 2.32. The van der Waals surface area contributed by atoms with Crippen LogP contribution in [0, 0.1) is 0 Å². The van der Waals surface area contributed by atoms with E-state index < -0.39 is 35.5 Å². The fraction of sp³-hybridized carbons (Fsp3) is 0.320. The molecule has 0 radical (unpaired) electrons. The van der Waals surface area contributed by atoms with Crippen molar-refractivity contribution in [2.75, 3.05) is 30.8 Å². The van der Waals surface area contributed by atoms with E-state index in [4.69, 9.17) is 10.5 Å². The predicted molar refractivity (Wildman–Crippen MR) is 136 cm³/mol. The summed E-state index contributed by atoms with van der Waals surface area (Å²) in [6.45, 7) is 6.17. The van der Waals surface area contributed by atoms with Gasteiger partial charge in [-0.1, -0.05) is 13.8 Å². The molecule has 4 N–H and O–H groups in total. The molecule has 0 aliphatic rings. The lowest BCUT2D eigenvalue weighted by atomic mass is 10.1. The van der Waals surface area contributed by atoms with Crippen LogP contribution >= 0.6 is 0 Å². The highest BCUT2D eigenvalue weighted by molar-refractivity contribution is 5.93. The van der Waals surface area contributed by atoms with E-state index in [-0.39, 0.29) is 11.5 Å². The molecule has 0 saturated heterocycles. The number of anilines is 3. The van der Waals surface area contributed by atoms with Gasteiger partial charge in [0.2, 0.25) is 5.96 Å². The first kappa shape index (κ1) is 29.5. The van der Waals surface area contributed by atoms with Gasteiger partial charge in [-0.3, -0.25) is 4.90 Å². The monoisotopic (exact) mass is 555 g/mol. The Labute approximate surface area is 220 Å². The molecule has 210 valence electrons. The maximum absolute atomic E-state index is 13.6. The van der Waals surface area contributed by atoms with Gasteiger partial charge in [-0.2, -0.15) is 36.3 Å². The van der Waals surface area contributed by atoms with Crippen LogP contribution in [0.15, 0.2) is 53.5 Å². The molecular formula is C25H27F6N7O. The maximum Gasteiger partial charge on any atom is 0.433 e. The summed E-state index contributed by atoms with van der Waals surface area (Å²) >= 11 is 0. The number of aromatic nitrogens is 2. The second kappa shape index (κ2) is 12.2. The first-order valence-corrected chi connectivity index (χ1v) is 11.7. The molecule has 8 nitrogen and oxygen atoms in total. The molecule has 0 bridgehead atoms. The second-order valence-electron chi connectivity index (χ2n) is 8.25. The molecule has 14 heteroatoms. The zero-order valence-electron chi connectivity index (χ0n) is 21.3. The average molecular weight is 556 g/mol. The van der Waals surface area contributed by atoms with Crippen LogP contribution in [0.1, 0.15) is 30.7 Å². The number of hydrogen-bond acceptors (Lipinski definition) is 6. The van der Waals surface area contributed by atoms with Gasteiger partial charge in [0, 0.05) is 29.5 Å². The number of nitrogens with one attached hydrogen (secondary N) is 2. The van der Waals surface area contributed by atoms with Crippen molar-refractivity contribution in [1.29, 1.82) is 0 Å². The van der Waals surface area contributed by atoms with Gasteiger partial charge in [-0.05, 0) is 55.6 Å².